The summed E-state index contributed by atoms with van der Waals surface area (Å²) in [6.07, 6.45) is 0. The lowest BCUT2D eigenvalue weighted by atomic mass is 10.2. The van der Waals surface area contributed by atoms with E-state index in [0.717, 1.165) is 5.56 Å². The molecule has 0 aliphatic carbocycles. The fourth-order valence-corrected chi connectivity index (χ4v) is 1.73. The first kappa shape index (κ1) is 14.2. The summed E-state index contributed by atoms with van der Waals surface area (Å²) in [6.45, 7) is 5.73. The quantitative estimate of drug-likeness (QED) is 0.744. The van der Waals surface area contributed by atoms with Crippen molar-refractivity contribution >= 4 is 11.8 Å². The molecule has 98 valence electrons. The number of piperazine rings is 1. The highest BCUT2D eigenvalue weighted by molar-refractivity contribution is 6.35. The van der Waals surface area contributed by atoms with Crippen molar-refractivity contribution in [3.8, 4) is 0 Å². The third-order valence-corrected chi connectivity index (χ3v) is 2.74. The fourth-order valence-electron chi connectivity index (χ4n) is 1.73. The van der Waals surface area contributed by atoms with Gasteiger partial charge >= 0.3 is 11.8 Å². The van der Waals surface area contributed by atoms with Gasteiger partial charge < -0.3 is 9.80 Å². The Labute approximate surface area is 108 Å². The van der Waals surface area contributed by atoms with Gasteiger partial charge in [-0.25, -0.2) is 0 Å². The van der Waals surface area contributed by atoms with Crippen LogP contribution in [0.2, 0.25) is 0 Å². The summed E-state index contributed by atoms with van der Waals surface area (Å²) in [5.74, 6) is -0.820. The van der Waals surface area contributed by atoms with Gasteiger partial charge in [-0.05, 0) is 5.56 Å². The molecular formula is C14H20N2O2. The molecule has 0 spiro atoms. The molecule has 18 heavy (non-hydrogen) atoms. The Kier molecular flexibility index (Phi) is 5.36. The van der Waals surface area contributed by atoms with Crippen LogP contribution in [-0.2, 0) is 16.1 Å². The summed E-state index contributed by atoms with van der Waals surface area (Å²) in [6, 6.07) is 9.70. The highest BCUT2D eigenvalue weighted by atomic mass is 16.2. The average molecular weight is 248 g/mol. The smallest absolute Gasteiger partial charge is 0.312 e. The predicted molar refractivity (Wildman–Crippen MR) is 70.8 cm³/mol. The van der Waals surface area contributed by atoms with E-state index in [4.69, 9.17) is 0 Å². The first-order chi connectivity index (χ1) is 8.68. The fraction of sp³-hybridized carbons (Fsp3) is 0.429. The maximum Gasteiger partial charge on any atom is 0.312 e. The first-order valence-electron chi connectivity index (χ1n) is 6.27. The number of hydrogen-bond acceptors (Lipinski definition) is 2. The largest absolute Gasteiger partial charge is 0.336 e. The van der Waals surface area contributed by atoms with Crippen LogP contribution in [0.4, 0.5) is 0 Å². The number of rotatable bonds is 2. The minimum absolute atomic E-state index is 0.405. The number of benzene rings is 1. The van der Waals surface area contributed by atoms with Crippen LogP contribution in [0.15, 0.2) is 30.3 Å². The molecule has 4 heteroatoms. The van der Waals surface area contributed by atoms with Crippen molar-refractivity contribution in [2.45, 2.75) is 20.4 Å². The lowest BCUT2D eigenvalue weighted by molar-refractivity contribution is -0.155. The Morgan fingerprint density at radius 3 is 2.22 bits per heavy atom. The molecule has 1 aliphatic heterocycles. The lowest BCUT2D eigenvalue weighted by Crippen LogP contribution is -2.52. The second-order valence-corrected chi connectivity index (χ2v) is 3.94. The molecule has 1 aliphatic rings. The van der Waals surface area contributed by atoms with E-state index in [0.29, 0.717) is 19.6 Å². The minimum Gasteiger partial charge on any atom is -0.336 e. The predicted octanol–water partition coefficient (Wildman–Crippen LogP) is 1.51. The Bertz CT molecular complexity index is 404. The molecule has 0 bridgehead atoms. The van der Waals surface area contributed by atoms with Gasteiger partial charge in [-0.3, -0.25) is 9.59 Å². The van der Waals surface area contributed by atoms with E-state index in [1.807, 2.05) is 44.2 Å². The molecule has 0 aromatic heterocycles. The van der Waals surface area contributed by atoms with E-state index >= 15 is 0 Å². The van der Waals surface area contributed by atoms with Crippen molar-refractivity contribution in [2.24, 2.45) is 0 Å². The number of nitrogens with zero attached hydrogens (tertiary/aromatic N) is 2. The summed E-state index contributed by atoms with van der Waals surface area (Å²) in [7, 11) is 1.65. The van der Waals surface area contributed by atoms with Crippen molar-refractivity contribution in [3.63, 3.8) is 0 Å². The van der Waals surface area contributed by atoms with Crippen LogP contribution in [0, 0.1) is 0 Å². The highest BCUT2D eigenvalue weighted by Gasteiger charge is 2.29. The third kappa shape index (κ3) is 3.32. The van der Waals surface area contributed by atoms with Gasteiger partial charge in [0.1, 0.15) is 0 Å². The molecule has 4 nitrogen and oxygen atoms in total. The summed E-state index contributed by atoms with van der Waals surface area (Å²) in [5.41, 5.74) is 1.05. The van der Waals surface area contributed by atoms with Gasteiger partial charge in [0.2, 0.25) is 0 Å². The zero-order valence-electron chi connectivity index (χ0n) is 11.2. The molecule has 2 amide bonds. The van der Waals surface area contributed by atoms with Crippen LogP contribution in [0.3, 0.4) is 0 Å². The van der Waals surface area contributed by atoms with Crippen molar-refractivity contribution in [2.75, 3.05) is 20.1 Å². The Morgan fingerprint density at radius 1 is 1.00 bits per heavy atom. The molecule has 1 saturated heterocycles. The number of carbonyl (C=O) groups excluding carboxylic acids is 2. The number of carbonyl (C=O) groups is 2. The molecular weight excluding hydrogens is 228 g/mol. The van der Waals surface area contributed by atoms with Gasteiger partial charge in [-0.15, -0.1) is 0 Å². The molecule has 0 atom stereocenters. The van der Waals surface area contributed by atoms with Crippen molar-refractivity contribution < 1.29 is 9.59 Å². The maximum atomic E-state index is 11.7. The third-order valence-electron chi connectivity index (χ3n) is 2.74. The normalized spacial score (nSPS) is 15.3. The van der Waals surface area contributed by atoms with Crippen LogP contribution in [-0.4, -0.2) is 41.8 Å². The van der Waals surface area contributed by atoms with Crippen molar-refractivity contribution in [3.05, 3.63) is 35.9 Å². The van der Waals surface area contributed by atoms with Gasteiger partial charge in [0.05, 0.1) is 0 Å². The number of likely N-dealkylation sites (N-methyl/N-ethyl adjacent to an activating group) is 1. The van der Waals surface area contributed by atoms with Crippen LogP contribution in [0.1, 0.15) is 19.4 Å². The summed E-state index contributed by atoms with van der Waals surface area (Å²) in [4.78, 5) is 26.2. The average Bonchev–Trinajstić information content (AvgIpc) is 2.43. The summed E-state index contributed by atoms with van der Waals surface area (Å²) < 4.78 is 0. The molecule has 0 unspecified atom stereocenters. The minimum atomic E-state index is -0.415. The maximum absolute atomic E-state index is 11.7. The molecule has 1 aromatic carbocycles. The van der Waals surface area contributed by atoms with Gasteiger partial charge in [-0.1, -0.05) is 44.2 Å². The van der Waals surface area contributed by atoms with E-state index in [2.05, 4.69) is 0 Å². The second-order valence-electron chi connectivity index (χ2n) is 3.94. The molecule has 1 heterocycles. The van der Waals surface area contributed by atoms with Gasteiger partial charge in [0, 0.05) is 26.7 Å². The Hall–Kier alpha value is -1.84. The molecule has 1 fully saturated rings. The number of hydrogen-bond donors (Lipinski definition) is 0. The highest BCUT2D eigenvalue weighted by Crippen LogP contribution is 2.09. The van der Waals surface area contributed by atoms with E-state index < -0.39 is 11.8 Å². The Morgan fingerprint density at radius 2 is 1.61 bits per heavy atom. The topological polar surface area (TPSA) is 40.6 Å². The summed E-state index contributed by atoms with van der Waals surface area (Å²) >= 11 is 0. The molecule has 0 saturated carbocycles. The van der Waals surface area contributed by atoms with Crippen LogP contribution in [0.5, 0.6) is 0 Å². The van der Waals surface area contributed by atoms with E-state index in [-0.39, 0.29) is 0 Å². The summed E-state index contributed by atoms with van der Waals surface area (Å²) in [5, 5.41) is 0. The van der Waals surface area contributed by atoms with Gasteiger partial charge in [-0.2, -0.15) is 0 Å². The first-order valence-corrected chi connectivity index (χ1v) is 6.27. The molecule has 2 rings (SSSR count). The van der Waals surface area contributed by atoms with Crippen molar-refractivity contribution in [1.82, 2.24) is 9.80 Å². The van der Waals surface area contributed by atoms with Crippen molar-refractivity contribution in [1.29, 1.82) is 0 Å². The van der Waals surface area contributed by atoms with Gasteiger partial charge in [0.25, 0.3) is 0 Å². The molecule has 0 radical (unpaired) electrons. The monoisotopic (exact) mass is 248 g/mol. The Balaban J connectivity index is 0.000000771. The lowest BCUT2D eigenvalue weighted by Gasteiger charge is -2.31. The van der Waals surface area contributed by atoms with Crippen LogP contribution in [0.25, 0.3) is 0 Å². The number of amides is 2. The van der Waals surface area contributed by atoms with Gasteiger partial charge in [0.15, 0.2) is 0 Å². The van der Waals surface area contributed by atoms with E-state index in [9.17, 15) is 9.59 Å². The van der Waals surface area contributed by atoms with E-state index in [1.165, 1.54) is 4.90 Å². The standard InChI is InChI=1S/C12H14N2O2.C2H6/c1-13-7-8-14(12(16)11(13)15)9-10-5-3-2-4-6-10;1-2/h2-6H,7-9H2,1H3;1-2H3. The SMILES string of the molecule is CC.CN1CCN(Cc2ccccc2)C(=O)C1=O. The zero-order valence-corrected chi connectivity index (χ0v) is 11.2. The van der Waals surface area contributed by atoms with Crippen LogP contribution < -0.4 is 0 Å². The molecule has 0 N–H and O–H groups in total. The molecule has 1 aromatic rings. The zero-order chi connectivity index (χ0) is 13.5. The van der Waals surface area contributed by atoms with Crippen LogP contribution >= 0.6 is 0 Å². The second kappa shape index (κ2) is 6.79. The van der Waals surface area contributed by atoms with E-state index in [1.54, 1.807) is 11.9 Å².